The summed E-state index contributed by atoms with van der Waals surface area (Å²) in [6.07, 6.45) is 0.485. The number of amides is 1. The molecule has 1 fully saturated rings. The molecule has 92 valence electrons. The number of rotatable bonds is 1. The zero-order chi connectivity index (χ0) is 12.6. The van der Waals surface area contributed by atoms with Crippen LogP contribution in [0.1, 0.15) is 28.6 Å². The Morgan fingerprint density at radius 1 is 1.59 bits per heavy atom. The highest BCUT2D eigenvalue weighted by Crippen LogP contribution is 2.29. The molecule has 1 atom stereocenters. The second-order valence-corrected chi connectivity index (χ2v) is 6.81. The van der Waals surface area contributed by atoms with Crippen LogP contribution in [0.5, 0.6) is 0 Å². The molecule has 0 aliphatic carbocycles. The standard InChI is InChI=1S/C12H14BrNO2S/c1-7-5-10(17-11(7)13)12(16)14-4-3-9(15)8(2)6-14/h5,8H,3-4,6H2,1-2H3. The van der Waals surface area contributed by atoms with Crippen molar-refractivity contribution < 1.29 is 9.59 Å². The highest BCUT2D eigenvalue weighted by molar-refractivity contribution is 9.11. The number of carbonyl (C=O) groups is 2. The minimum absolute atomic E-state index is 0.0304. The van der Waals surface area contributed by atoms with Gasteiger partial charge in [0.2, 0.25) is 0 Å². The summed E-state index contributed by atoms with van der Waals surface area (Å²) in [7, 11) is 0. The van der Waals surface area contributed by atoms with Gasteiger partial charge in [-0.15, -0.1) is 11.3 Å². The molecule has 1 aromatic rings. The summed E-state index contributed by atoms with van der Waals surface area (Å²) < 4.78 is 1.00. The Kier molecular flexibility index (Phi) is 3.68. The number of likely N-dealkylation sites (tertiary alicyclic amines) is 1. The van der Waals surface area contributed by atoms with E-state index in [2.05, 4.69) is 15.9 Å². The SMILES string of the molecule is Cc1cc(C(=O)N2CCC(=O)C(C)C2)sc1Br. The Balaban J connectivity index is 2.13. The van der Waals surface area contributed by atoms with E-state index in [0.717, 1.165) is 14.2 Å². The van der Waals surface area contributed by atoms with E-state index in [1.807, 2.05) is 19.9 Å². The van der Waals surface area contributed by atoms with E-state index < -0.39 is 0 Å². The summed E-state index contributed by atoms with van der Waals surface area (Å²) in [4.78, 5) is 26.2. The number of Topliss-reactive ketones (excluding diaryl/α,β-unsaturated/α-hetero) is 1. The van der Waals surface area contributed by atoms with Crippen molar-refractivity contribution in [3.05, 3.63) is 20.3 Å². The molecule has 1 aromatic heterocycles. The van der Waals surface area contributed by atoms with Crippen LogP contribution in [0.25, 0.3) is 0 Å². The van der Waals surface area contributed by atoms with E-state index in [9.17, 15) is 9.59 Å². The average Bonchev–Trinajstić information content (AvgIpc) is 2.62. The summed E-state index contributed by atoms with van der Waals surface area (Å²) in [6, 6.07) is 1.90. The van der Waals surface area contributed by atoms with Crippen LogP contribution in [0.2, 0.25) is 0 Å². The number of hydrogen-bond donors (Lipinski definition) is 0. The van der Waals surface area contributed by atoms with E-state index >= 15 is 0 Å². The lowest BCUT2D eigenvalue weighted by Gasteiger charge is -2.29. The molecule has 0 bridgehead atoms. The molecule has 0 radical (unpaired) electrons. The van der Waals surface area contributed by atoms with Crippen LogP contribution in [0, 0.1) is 12.8 Å². The van der Waals surface area contributed by atoms with E-state index in [-0.39, 0.29) is 17.6 Å². The van der Waals surface area contributed by atoms with Crippen molar-refractivity contribution in [1.82, 2.24) is 4.90 Å². The molecule has 0 spiro atoms. The molecule has 1 saturated heterocycles. The quantitative estimate of drug-likeness (QED) is 0.799. The monoisotopic (exact) mass is 315 g/mol. The maximum absolute atomic E-state index is 12.2. The minimum atomic E-state index is -0.0304. The molecule has 17 heavy (non-hydrogen) atoms. The molecule has 1 unspecified atom stereocenters. The van der Waals surface area contributed by atoms with Crippen LogP contribution in [0.3, 0.4) is 0 Å². The Bertz CT molecular complexity index is 450. The van der Waals surface area contributed by atoms with Crippen molar-refractivity contribution in [3.8, 4) is 0 Å². The summed E-state index contributed by atoms with van der Waals surface area (Å²) in [5.41, 5.74) is 1.08. The third-order valence-electron chi connectivity index (χ3n) is 3.03. The maximum atomic E-state index is 12.2. The lowest BCUT2D eigenvalue weighted by atomic mass is 9.98. The average molecular weight is 316 g/mol. The summed E-state index contributed by atoms with van der Waals surface area (Å²) in [5.74, 6) is 0.276. The zero-order valence-corrected chi connectivity index (χ0v) is 12.2. The fourth-order valence-corrected chi connectivity index (χ4v) is 3.42. The van der Waals surface area contributed by atoms with Gasteiger partial charge >= 0.3 is 0 Å². The highest BCUT2D eigenvalue weighted by atomic mass is 79.9. The number of piperidine rings is 1. The first kappa shape index (κ1) is 12.8. The lowest BCUT2D eigenvalue weighted by molar-refractivity contribution is -0.124. The molecule has 1 aliphatic heterocycles. The van der Waals surface area contributed by atoms with Crippen molar-refractivity contribution in [3.63, 3.8) is 0 Å². The molecular formula is C12H14BrNO2S. The van der Waals surface area contributed by atoms with Crippen molar-refractivity contribution in [2.24, 2.45) is 5.92 Å². The van der Waals surface area contributed by atoms with Gasteiger partial charge in [-0.05, 0) is 34.5 Å². The Morgan fingerprint density at radius 3 is 2.82 bits per heavy atom. The van der Waals surface area contributed by atoms with E-state index in [0.29, 0.717) is 19.5 Å². The van der Waals surface area contributed by atoms with E-state index in [1.54, 1.807) is 4.90 Å². The van der Waals surface area contributed by atoms with Gasteiger partial charge < -0.3 is 4.90 Å². The first-order chi connectivity index (χ1) is 7.99. The Hall–Kier alpha value is -0.680. The molecular weight excluding hydrogens is 302 g/mol. The second kappa shape index (κ2) is 4.90. The normalized spacial score (nSPS) is 20.8. The van der Waals surface area contributed by atoms with E-state index in [4.69, 9.17) is 0 Å². The fraction of sp³-hybridized carbons (Fsp3) is 0.500. The number of nitrogens with zero attached hydrogens (tertiary/aromatic N) is 1. The zero-order valence-electron chi connectivity index (χ0n) is 9.83. The van der Waals surface area contributed by atoms with Gasteiger partial charge in [-0.25, -0.2) is 0 Å². The molecule has 0 saturated carbocycles. The number of aryl methyl sites for hydroxylation is 1. The van der Waals surface area contributed by atoms with Crippen molar-refractivity contribution in [2.45, 2.75) is 20.3 Å². The van der Waals surface area contributed by atoms with Crippen LogP contribution in [-0.4, -0.2) is 29.7 Å². The van der Waals surface area contributed by atoms with Crippen LogP contribution in [-0.2, 0) is 4.79 Å². The van der Waals surface area contributed by atoms with Gasteiger partial charge in [0.1, 0.15) is 5.78 Å². The number of halogens is 1. The molecule has 0 aromatic carbocycles. The van der Waals surface area contributed by atoms with Gasteiger partial charge in [0.25, 0.3) is 5.91 Å². The van der Waals surface area contributed by atoms with Crippen LogP contribution >= 0.6 is 27.3 Å². The van der Waals surface area contributed by atoms with Crippen LogP contribution < -0.4 is 0 Å². The molecule has 0 N–H and O–H groups in total. The number of thiophene rings is 1. The predicted octanol–water partition coefficient (Wildman–Crippen LogP) is 2.87. The predicted molar refractivity (Wildman–Crippen MR) is 71.4 cm³/mol. The highest BCUT2D eigenvalue weighted by Gasteiger charge is 2.28. The molecule has 2 rings (SSSR count). The Labute approximate surface area is 113 Å². The van der Waals surface area contributed by atoms with Crippen molar-refractivity contribution >= 4 is 39.0 Å². The second-order valence-electron chi connectivity index (χ2n) is 4.44. The van der Waals surface area contributed by atoms with E-state index in [1.165, 1.54) is 11.3 Å². The maximum Gasteiger partial charge on any atom is 0.264 e. The van der Waals surface area contributed by atoms with Gasteiger partial charge in [-0.1, -0.05) is 6.92 Å². The molecule has 1 aliphatic rings. The Morgan fingerprint density at radius 2 is 2.29 bits per heavy atom. The number of ketones is 1. The summed E-state index contributed by atoms with van der Waals surface area (Å²) in [5, 5.41) is 0. The van der Waals surface area contributed by atoms with Gasteiger partial charge in [0, 0.05) is 25.4 Å². The van der Waals surface area contributed by atoms with Crippen molar-refractivity contribution in [2.75, 3.05) is 13.1 Å². The van der Waals surface area contributed by atoms with Crippen LogP contribution in [0.15, 0.2) is 9.85 Å². The molecule has 2 heterocycles. The first-order valence-corrected chi connectivity index (χ1v) is 7.18. The minimum Gasteiger partial charge on any atom is -0.337 e. The van der Waals surface area contributed by atoms with Crippen LogP contribution in [0.4, 0.5) is 0 Å². The van der Waals surface area contributed by atoms with Crippen molar-refractivity contribution in [1.29, 1.82) is 0 Å². The fourth-order valence-electron chi connectivity index (χ4n) is 1.92. The summed E-state index contributed by atoms with van der Waals surface area (Å²) >= 11 is 4.88. The first-order valence-electron chi connectivity index (χ1n) is 5.57. The lowest BCUT2D eigenvalue weighted by Crippen LogP contribution is -2.42. The summed E-state index contributed by atoms with van der Waals surface area (Å²) in [6.45, 7) is 4.96. The van der Waals surface area contributed by atoms with Gasteiger partial charge in [0.15, 0.2) is 0 Å². The topological polar surface area (TPSA) is 37.4 Å². The molecule has 1 amide bonds. The smallest absolute Gasteiger partial charge is 0.264 e. The molecule has 3 nitrogen and oxygen atoms in total. The van der Waals surface area contributed by atoms with Gasteiger partial charge in [-0.2, -0.15) is 0 Å². The van der Waals surface area contributed by atoms with Gasteiger partial charge in [-0.3, -0.25) is 9.59 Å². The third kappa shape index (κ3) is 2.60. The molecule has 5 heteroatoms. The largest absolute Gasteiger partial charge is 0.337 e. The number of hydrogen-bond acceptors (Lipinski definition) is 3. The number of carbonyl (C=O) groups excluding carboxylic acids is 2. The van der Waals surface area contributed by atoms with Gasteiger partial charge in [0.05, 0.1) is 8.66 Å². The third-order valence-corrected chi connectivity index (χ3v) is 5.15.